The predicted octanol–water partition coefficient (Wildman–Crippen LogP) is 5.49. The summed E-state index contributed by atoms with van der Waals surface area (Å²) in [7, 11) is -2.05. The monoisotopic (exact) mass is 397 g/mol. The Bertz CT molecular complexity index is 556. The van der Waals surface area contributed by atoms with Crippen LogP contribution in [-0.4, -0.2) is 43.0 Å². The maximum Gasteiger partial charge on any atom is 0.417 e. The van der Waals surface area contributed by atoms with Gasteiger partial charge in [0, 0.05) is 0 Å². The SMILES string of the molecule is CC(C)(C)OC(=O)N1C(=O)C[C@@H](O[Si](C)(C)C(C)(C)C)[C@@H]1C1CCCCC1. The molecule has 1 heterocycles. The first kappa shape index (κ1) is 22.4. The van der Waals surface area contributed by atoms with E-state index in [1.165, 1.54) is 11.3 Å². The van der Waals surface area contributed by atoms with Gasteiger partial charge in [-0.15, -0.1) is 0 Å². The molecule has 0 aromatic carbocycles. The molecule has 156 valence electrons. The molecule has 27 heavy (non-hydrogen) atoms. The van der Waals surface area contributed by atoms with Crippen molar-refractivity contribution in [1.29, 1.82) is 0 Å². The average Bonchev–Trinajstić information content (AvgIpc) is 2.80. The average molecular weight is 398 g/mol. The lowest BCUT2D eigenvalue weighted by Gasteiger charge is -2.42. The minimum absolute atomic E-state index is 0.0620. The zero-order chi connectivity index (χ0) is 20.6. The van der Waals surface area contributed by atoms with Crippen LogP contribution in [0.15, 0.2) is 0 Å². The van der Waals surface area contributed by atoms with Crippen molar-refractivity contribution in [2.24, 2.45) is 5.92 Å². The van der Waals surface area contributed by atoms with Gasteiger partial charge in [-0.3, -0.25) is 4.79 Å². The summed E-state index contributed by atoms with van der Waals surface area (Å²) in [5.41, 5.74) is -0.618. The molecule has 0 N–H and O–H groups in total. The second kappa shape index (κ2) is 7.86. The zero-order valence-corrected chi connectivity index (χ0v) is 19.6. The molecule has 0 aromatic heterocycles. The van der Waals surface area contributed by atoms with Crippen molar-refractivity contribution < 1.29 is 18.8 Å². The first-order valence-electron chi connectivity index (χ1n) is 10.5. The molecule has 1 saturated heterocycles. The molecule has 1 aliphatic heterocycles. The van der Waals surface area contributed by atoms with E-state index < -0.39 is 20.0 Å². The molecule has 6 heteroatoms. The molecule has 5 nitrogen and oxygen atoms in total. The fourth-order valence-corrected chi connectivity index (χ4v) is 5.25. The molecule has 2 amide bonds. The molecular formula is C21H39NO4Si. The Balaban J connectivity index is 2.30. The lowest BCUT2D eigenvalue weighted by molar-refractivity contribution is -0.128. The number of amides is 2. The van der Waals surface area contributed by atoms with Crippen molar-refractivity contribution in [2.75, 3.05) is 0 Å². The number of carbonyl (C=O) groups excluding carboxylic acids is 2. The van der Waals surface area contributed by atoms with Crippen molar-refractivity contribution in [2.45, 2.75) is 116 Å². The second-order valence-electron chi connectivity index (χ2n) is 10.8. The van der Waals surface area contributed by atoms with Crippen molar-refractivity contribution in [3.8, 4) is 0 Å². The Morgan fingerprint density at radius 3 is 2.07 bits per heavy atom. The molecule has 2 aliphatic rings. The summed E-state index contributed by atoms with van der Waals surface area (Å²) in [5.74, 6) is 0.163. The minimum atomic E-state index is -2.05. The third-order valence-corrected chi connectivity index (χ3v) is 10.8. The highest BCUT2D eigenvalue weighted by Gasteiger charge is 2.52. The molecule has 0 spiro atoms. The van der Waals surface area contributed by atoms with Crippen LogP contribution in [0, 0.1) is 5.92 Å². The normalized spacial score (nSPS) is 25.8. The molecule has 1 aliphatic carbocycles. The number of nitrogens with zero attached hydrogens (tertiary/aromatic N) is 1. The van der Waals surface area contributed by atoms with Crippen LogP contribution in [0.1, 0.15) is 80.1 Å². The Morgan fingerprint density at radius 1 is 1.04 bits per heavy atom. The molecule has 1 saturated carbocycles. The van der Waals surface area contributed by atoms with E-state index in [1.807, 2.05) is 20.8 Å². The quantitative estimate of drug-likeness (QED) is 0.591. The standard InChI is InChI=1S/C21H39NO4Si/c1-20(2,3)25-19(24)22-17(23)14-16(26-27(7,8)21(4,5)6)18(22)15-12-10-9-11-13-15/h15-16,18H,9-14H2,1-8H3/t16-,18+/m1/s1. The number of carbonyl (C=O) groups is 2. The van der Waals surface area contributed by atoms with E-state index in [1.54, 1.807) is 0 Å². The van der Waals surface area contributed by atoms with Crippen molar-refractivity contribution in [1.82, 2.24) is 4.90 Å². The van der Waals surface area contributed by atoms with Crippen molar-refractivity contribution in [3.63, 3.8) is 0 Å². The van der Waals surface area contributed by atoms with Crippen LogP contribution in [0.4, 0.5) is 4.79 Å². The number of rotatable bonds is 3. The van der Waals surface area contributed by atoms with Crippen LogP contribution in [0.2, 0.25) is 18.1 Å². The van der Waals surface area contributed by atoms with Gasteiger partial charge >= 0.3 is 6.09 Å². The molecule has 0 radical (unpaired) electrons. The maximum absolute atomic E-state index is 12.9. The van der Waals surface area contributed by atoms with E-state index in [0.29, 0.717) is 5.92 Å². The van der Waals surface area contributed by atoms with Gasteiger partial charge < -0.3 is 9.16 Å². The molecule has 0 bridgehead atoms. The van der Waals surface area contributed by atoms with Gasteiger partial charge in [0.15, 0.2) is 8.32 Å². The van der Waals surface area contributed by atoms with Crippen LogP contribution in [0.25, 0.3) is 0 Å². The van der Waals surface area contributed by atoms with E-state index in [9.17, 15) is 9.59 Å². The second-order valence-corrected chi connectivity index (χ2v) is 15.5. The Morgan fingerprint density at radius 2 is 1.59 bits per heavy atom. The number of imide groups is 1. The number of ether oxygens (including phenoxy) is 1. The van der Waals surface area contributed by atoms with E-state index in [0.717, 1.165) is 25.7 Å². The number of hydrogen-bond donors (Lipinski definition) is 0. The van der Waals surface area contributed by atoms with Gasteiger partial charge in [0.2, 0.25) is 5.91 Å². The van der Waals surface area contributed by atoms with E-state index >= 15 is 0 Å². The highest BCUT2D eigenvalue weighted by atomic mass is 28.4. The summed E-state index contributed by atoms with van der Waals surface area (Å²) in [5, 5.41) is 0.0620. The van der Waals surface area contributed by atoms with Crippen LogP contribution >= 0.6 is 0 Å². The number of hydrogen-bond acceptors (Lipinski definition) is 4. The lowest BCUT2D eigenvalue weighted by Crippen LogP contribution is -2.52. The summed E-state index contributed by atoms with van der Waals surface area (Å²) in [6, 6.07) is -0.193. The van der Waals surface area contributed by atoms with Gasteiger partial charge in [-0.1, -0.05) is 40.0 Å². The van der Waals surface area contributed by atoms with Gasteiger partial charge in [-0.25, -0.2) is 9.69 Å². The lowest BCUT2D eigenvalue weighted by atomic mass is 9.82. The van der Waals surface area contributed by atoms with Crippen LogP contribution < -0.4 is 0 Å². The first-order chi connectivity index (χ1) is 12.2. The van der Waals surface area contributed by atoms with E-state index in [-0.39, 0.29) is 29.5 Å². The maximum atomic E-state index is 12.9. The fraction of sp³-hybridized carbons (Fsp3) is 0.905. The Kier molecular flexibility index (Phi) is 6.52. The molecule has 2 fully saturated rings. The highest BCUT2D eigenvalue weighted by Crippen LogP contribution is 2.42. The van der Waals surface area contributed by atoms with Crippen LogP contribution in [0.5, 0.6) is 0 Å². The predicted molar refractivity (Wildman–Crippen MR) is 110 cm³/mol. The minimum Gasteiger partial charge on any atom is -0.443 e. The summed E-state index contributed by atoms with van der Waals surface area (Å²) in [4.78, 5) is 27.1. The number of likely N-dealkylation sites (tertiary alicyclic amines) is 1. The molecule has 0 unspecified atom stereocenters. The topological polar surface area (TPSA) is 55.8 Å². The van der Waals surface area contributed by atoms with Gasteiger partial charge in [-0.05, 0) is 57.7 Å². The summed E-state index contributed by atoms with van der Waals surface area (Å²) >= 11 is 0. The third kappa shape index (κ3) is 5.34. The van der Waals surface area contributed by atoms with Crippen molar-refractivity contribution >= 4 is 20.3 Å². The van der Waals surface area contributed by atoms with E-state index in [2.05, 4.69) is 33.9 Å². The third-order valence-electron chi connectivity index (χ3n) is 6.30. The highest BCUT2D eigenvalue weighted by molar-refractivity contribution is 6.74. The molecule has 0 aromatic rings. The molecule has 2 atom stereocenters. The summed E-state index contributed by atoms with van der Waals surface area (Å²) in [6.07, 6.45) is 5.21. The van der Waals surface area contributed by atoms with Crippen molar-refractivity contribution in [3.05, 3.63) is 0 Å². The van der Waals surface area contributed by atoms with E-state index in [4.69, 9.17) is 9.16 Å². The van der Waals surface area contributed by atoms with Gasteiger partial charge in [-0.2, -0.15) is 0 Å². The Labute approximate surface area is 166 Å². The van der Waals surface area contributed by atoms with Crippen LogP contribution in [-0.2, 0) is 14.0 Å². The smallest absolute Gasteiger partial charge is 0.417 e. The van der Waals surface area contributed by atoms with Gasteiger partial charge in [0.25, 0.3) is 0 Å². The fourth-order valence-electron chi connectivity index (χ4n) is 3.92. The first-order valence-corrected chi connectivity index (χ1v) is 13.4. The van der Waals surface area contributed by atoms with Gasteiger partial charge in [0.05, 0.1) is 18.6 Å². The Hall–Kier alpha value is -0.883. The molecular weight excluding hydrogens is 358 g/mol. The zero-order valence-electron chi connectivity index (χ0n) is 18.6. The molecule has 2 rings (SSSR count). The van der Waals surface area contributed by atoms with Crippen LogP contribution in [0.3, 0.4) is 0 Å². The largest absolute Gasteiger partial charge is 0.443 e. The summed E-state index contributed by atoms with van der Waals surface area (Å²) in [6.45, 7) is 16.6. The summed E-state index contributed by atoms with van der Waals surface area (Å²) < 4.78 is 12.3. The van der Waals surface area contributed by atoms with Gasteiger partial charge in [0.1, 0.15) is 5.60 Å².